The summed E-state index contributed by atoms with van der Waals surface area (Å²) in [5.41, 5.74) is 0.605. The molecule has 2 heterocycles. The number of H-pyrrole nitrogens is 1. The number of aromatic nitrogens is 3. The molecule has 0 unspecified atom stereocenters. The number of hydrogen-bond donors (Lipinski definition) is 3. The van der Waals surface area contributed by atoms with Crippen molar-refractivity contribution in [3.63, 3.8) is 0 Å². The third kappa shape index (κ3) is 5.80. The number of carbonyl (C=O) groups excluding carboxylic acids is 2. The molecule has 2 aromatic heterocycles. The summed E-state index contributed by atoms with van der Waals surface area (Å²) >= 11 is 0. The Hall–Kier alpha value is -2.90. The van der Waals surface area contributed by atoms with E-state index in [2.05, 4.69) is 20.8 Å². The van der Waals surface area contributed by atoms with E-state index in [0.29, 0.717) is 18.9 Å². The van der Waals surface area contributed by atoms with Gasteiger partial charge in [-0.25, -0.2) is 0 Å². The van der Waals surface area contributed by atoms with E-state index in [1.807, 2.05) is 0 Å². The van der Waals surface area contributed by atoms with Crippen LogP contribution < -0.4 is 16.2 Å². The Morgan fingerprint density at radius 3 is 2.89 bits per heavy atom. The quantitative estimate of drug-likeness (QED) is 0.662. The molecule has 0 aromatic carbocycles. The highest BCUT2D eigenvalue weighted by Crippen LogP contribution is 2.23. The topological polar surface area (TPSA) is 109 Å². The van der Waals surface area contributed by atoms with Gasteiger partial charge in [0.1, 0.15) is 6.54 Å². The van der Waals surface area contributed by atoms with Crippen molar-refractivity contribution in [2.75, 3.05) is 6.54 Å². The summed E-state index contributed by atoms with van der Waals surface area (Å²) in [6.07, 6.45) is 7.38. The van der Waals surface area contributed by atoms with Crippen molar-refractivity contribution in [3.8, 4) is 0 Å². The standard InChI is InChI=1S/C19H25N5O3/c25-17(11-16-7-8-21-23-16)22-15-5-3-4-14(10-15)12-20-18(26)13-24-9-2-1-6-19(24)27/h1-2,6-9,14-15H,3-5,10-13H2,(H,20,26)(H,21,23)(H,22,25)/t14-,15+/m1/s1. The number of carbonyl (C=O) groups is 2. The van der Waals surface area contributed by atoms with Crippen LogP contribution in [-0.4, -0.2) is 39.2 Å². The zero-order chi connectivity index (χ0) is 19.1. The van der Waals surface area contributed by atoms with Gasteiger partial charge in [0, 0.05) is 36.7 Å². The lowest BCUT2D eigenvalue weighted by atomic mass is 9.85. The molecule has 3 rings (SSSR count). The molecule has 2 atom stereocenters. The average Bonchev–Trinajstić information content (AvgIpc) is 3.15. The summed E-state index contributed by atoms with van der Waals surface area (Å²) in [6.45, 7) is 0.587. The molecule has 3 N–H and O–H groups in total. The van der Waals surface area contributed by atoms with Crippen molar-refractivity contribution in [2.45, 2.75) is 44.7 Å². The van der Waals surface area contributed by atoms with Gasteiger partial charge in [0.2, 0.25) is 11.8 Å². The average molecular weight is 371 g/mol. The van der Waals surface area contributed by atoms with Gasteiger partial charge >= 0.3 is 0 Å². The molecule has 0 aliphatic heterocycles. The van der Waals surface area contributed by atoms with E-state index in [1.54, 1.807) is 30.6 Å². The zero-order valence-corrected chi connectivity index (χ0v) is 15.2. The number of pyridine rings is 1. The van der Waals surface area contributed by atoms with Gasteiger partial charge in [-0.05, 0) is 37.3 Å². The monoisotopic (exact) mass is 371 g/mol. The predicted molar refractivity (Wildman–Crippen MR) is 99.9 cm³/mol. The van der Waals surface area contributed by atoms with E-state index in [9.17, 15) is 14.4 Å². The van der Waals surface area contributed by atoms with Crippen LogP contribution >= 0.6 is 0 Å². The highest BCUT2D eigenvalue weighted by Gasteiger charge is 2.23. The van der Waals surface area contributed by atoms with Crippen molar-refractivity contribution >= 4 is 11.8 Å². The molecule has 144 valence electrons. The van der Waals surface area contributed by atoms with Crippen LogP contribution in [-0.2, 0) is 22.6 Å². The van der Waals surface area contributed by atoms with E-state index in [4.69, 9.17) is 0 Å². The van der Waals surface area contributed by atoms with Crippen LogP contribution in [0.5, 0.6) is 0 Å². The van der Waals surface area contributed by atoms with Crippen LogP contribution in [0.3, 0.4) is 0 Å². The van der Waals surface area contributed by atoms with Gasteiger partial charge in [0.15, 0.2) is 0 Å². The van der Waals surface area contributed by atoms with Gasteiger partial charge in [-0.15, -0.1) is 0 Å². The van der Waals surface area contributed by atoms with Gasteiger partial charge in [0.25, 0.3) is 5.56 Å². The minimum atomic E-state index is -0.189. The maximum absolute atomic E-state index is 12.1. The molecule has 27 heavy (non-hydrogen) atoms. The third-order valence-corrected chi connectivity index (χ3v) is 4.86. The Kier molecular flexibility index (Phi) is 6.40. The van der Waals surface area contributed by atoms with E-state index < -0.39 is 0 Å². The molecule has 8 nitrogen and oxygen atoms in total. The molecular weight excluding hydrogens is 346 g/mol. The molecule has 0 radical (unpaired) electrons. The lowest BCUT2D eigenvalue weighted by molar-refractivity contribution is -0.123. The summed E-state index contributed by atoms with van der Waals surface area (Å²) in [7, 11) is 0. The van der Waals surface area contributed by atoms with Gasteiger partial charge in [-0.2, -0.15) is 5.10 Å². The van der Waals surface area contributed by atoms with Gasteiger partial charge in [-0.3, -0.25) is 19.5 Å². The van der Waals surface area contributed by atoms with Gasteiger partial charge in [-0.1, -0.05) is 12.5 Å². The first-order chi connectivity index (χ1) is 13.1. The zero-order valence-electron chi connectivity index (χ0n) is 15.2. The molecule has 1 saturated carbocycles. The maximum Gasteiger partial charge on any atom is 0.250 e. The van der Waals surface area contributed by atoms with Crippen LogP contribution in [0.4, 0.5) is 0 Å². The van der Waals surface area contributed by atoms with Crippen LogP contribution in [0, 0.1) is 5.92 Å². The summed E-state index contributed by atoms with van der Waals surface area (Å²) < 4.78 is 1.38. The van der Waals surface area contributed by atoms with Crippen molar-refractivity contribution in [1.82, 2.24) is 25.4 Å². The normalized spacial score (nSPS) is 19.4. The summed E-state index contributed by atoms with van der Waals surface area (Å²) in [6, 6.07) is 6.74. The first-order valence-electron chi connectivity index (χ1n) is 9.30. The lowest BCUT2D eigenvalue weighted by Crippen LogP contribution is -2.42. The summed E-state index contributed by atoms with van der Waals surface area (Å²) in [4.78, 5) is 35.9. The largest absolute Gasteiger partial charge is 0.354 e. The predicted octanol–water partition coefficient (Wildman–Crippen LogP) is 0.605. The minimum absolute atomic E-state index is 0.0163. The van der Waals surface area contributed by atoms with Crippen molar-refractivity contribution in [1.29, 1.82) is 0 Å². The Bertz CT molecular complexity index is 815. The number of aromatic amines is 1. The SMILES string of the molecule is O=C(Cn1ccccc1=O)NC[C@@H]1CCC[C@H](NC(=O)Cc2ccn[nH]2)C1. The van der Waals surface area contributed by atoms with Crippen LogP contribution in [0.25, 0.3) is 0 Å². The van der Waals surface area contributed by atoms with E-state index in [0.717, 1.165) is 31.4 Å². The molecule has 0 saturated heterocycles. The molecule has 1 fully saturated rings. The van der Waals surface area contributed by atoms with E-state index in [-0.39, 0.29) is 30.0 Å². The molecule has 8 heteroatoms. The highest BCUT2D eigenvalue weighted by atomic mass is 16.2. The second kappa shape index (κ2) is 9.16. The third-order valence-electron chi connectivity index (χ3n) is 4.86. The number of nitrogens with zero attached hydrogens (tertiary/aromatic N) is 2. The van der Waals surface area contributed by atoms with Gasteiger partial charge in [0.05, 0.1) is 6.42 Å². The van der Waals surface area contributed by atoms with Crippen LogP contribution in [0.15, 0.2) is 41.5 Å². The second-order valence-corrected chi connectivity index (χ2v) is 7.03. The van der Waals surface area contributed by atoms with Crippen LogP contribution in [0.2, 0.25) is 0 Å². The molecule has 1 aliphatic rings. The van der Waals surface area contributed by atoms with Crippen molar-refractivity contribution in [3.05, 3.63) is 52.7 Å². The fourth-order valence-corrected chi connectivity index (χ4v) is 3.50. The lowest BCUT2D eigenvalue weighted by Gasteiger charge is -2.30. The number of amides is 2. The Morgan fingerprint density at radius 1 is 1.22 bits per heavy atom. The Balaban J connectivity index is 1.41. The molecule has 2 aromatic rings. The Labute approximate surface area is 157 Å². The summed E-state index contributed by atoms with van der Waals surface area (Å²) in [5.74, 6) is 0.138. The highest BCUT2D eigenvalue weighted by molar-refractivity contribution is 5.78. The minimum Gasteiger partial charge on any atom is -0.354 e. The first kappa shape index (κ1) is 18.9. The Morgan fingerprint density at radius 2 is 2.11 bits per heavy atom. The number of hydrogen-bond acceptors (Lipinski definition) is 4. The molecule has 2 amide bonds. The first-order valence-corrected chi connectivity index (χ1v) is 9.30. The molecule has 1 aliphatic carbocycles. The maximum atomic E-state index is 12.1. The fourth-order valence-electron chi connectivity index (χ4n) is 3.50. The van der Waals surface area contributed by atoms with Crippen LogP contribution in [0.1, 0.15) is 31.4 Å². The molecular formula is C19H25N5O3. The van der Waals surface area contributed by atoms with Crippen molar-refractivity contribution in [2.24, 2.45) is 5.92 Å². The van der Waals surface area contributed by atoms with E-state index in [1.165, 1.54) is 10.6 Å². The molecule has 0 spiro atoms. The number of nitrogens with one attached hydrogen (secondary N) is 3. The van der Waals surface area contributed by atoms with Gasteiger partial charge < -0.3 is 15.2 Å². The smallest absolute Gasteiger partial charge is 0.250 e. The summed E-state index contributed by atoms with van der Waals surface area (Å²) in [5, 5.41) is 12.6. The number of rotatable bonds is 7. The fraction of sp³-hybridized carbons (Fsp3) is 0.474. The van der Waals surface area contributed by atoms with E-state index >= 15 is 0 Å². The van der Waals surface area contributed by atoms with Crippen molar-refractivity contribution < 1.29 is 9.59 Å². The molecule has 0 bridgehead atoms. The second-order valence-electron chi connectivity index (χ2n) is 7.03.